The fourth-order valence-electron chi connectivity index (χ4n) is 1.61. The second-order valence-electron chi connectivity index (χ2n) is 3.38. The van der Waals surface area contributed by atoms with E-state index in [-0.39, 0.29) is 12.1 Å². The zero-order chi connectivity index (χ0) is 10.0. The quantitative estimate of drug-likeness (QED) is 0.661. The molecule has 0 radical (unpaired) electrons. The predicted molar refractivity (Wildman–Crippen MR) is 44.4 cm³/mol. The van der Waals surface area contributed by atoms with Gasteiger partial charge in [0.1, 0.15) is 0 Å². The van der Waals surface area contributed by atoms with Crippen LogP contribution in [0.5, 0.6) is 0 Å². The molecule has 1 aliphatic rings. The van der Waals surface area contributed by atoms with Gasteiger partial charge in [0, 0.05) is 18.6 Å². The van der Waals surface area contributed by atoms with Crippen LogP contribution >= 0.6 is 0 Å². The summed E-state index contributed by atoms with van der Waals surface area (Å²) in [5.41, 5.74) is 5.67. The van der Waals surface area contributed by atoms with E-state index in [1.54, 1.807) is 6.92 Å². The number of halogens is 2. The first-order valence-corrected chi connectivity index (χ1v) is 4.38. The number of alkyl halides is 2. The summed E-state index contributed by atoms with van der Waals surface area (Å²) in [6.07, 6.45) is -1.40. The normalized spacial score (nSPS) is 29.5. The van der Waals surface area contributed by atoms with E-state index in [0.717, 1.165) is 6.42 Å². The highest BCUT2D eigenvalue weighted by Crippen LogP contribution is 2.17. The van der Waals surface area contributed by atoms with Crippen molar-refractivity contribution >= 4 is 5.91 Å². The maximum absolute atomic E-state index is 12.1. The molecule has 0 bridgehead atoms. The van der Waals surface area contributed by atoms with Gasteiger partial charge in [0.2, 0.25) is 0 Å². The lowest BCUT2D eigenvalue weighted by atomic mass is 9.98. The van der Waals surface area contributed by atoms with Crippen molar-refractivity contribution in [3.8, 4) is 0 Å². The van der Waals surface area contributed by atoms with Crippen LogP contribution in [0.1, 0.15) is 19.8 Å². The number of carbonyl (C=O) groups is 1. The van der Waals surface area contributed by atoms with Crippen LogP contribution in [0.15, 0.2) is 0 Å². The zero-order valence-corrected chi connectivity index (χ0v) is 7.54. The Balaban J connectivity index is 2.62. The number of rotatable bonds is 1. The van der Waals surface area contributed by atoms with Crippen molar-refractivity contribution in [2.24, 2.45) is 5.73 Å². The van der Waals surface area contributed by atoms with Crippen molar-refractivity contribution in [3.05, 3.63) is 0 Å². The first-order valence-electron chi connectivity index (χ1n) is 4.38. The third kappa shape index (κ3) is 2.15. The van der Waals surface area contributed by atoms with Crippen LogP contribution in [0.3, 0.4) is 0 Å². The lowest BCUT2D eigenvalue weighted by Gasteiger charge is -2.37. The smallest absolute Gasteiger partial charge is 0.315 e. The number of nitrogens with zero attached hydrogens (tertiary/aromatic N) is 1. The summed E-state index contributed by atoms with van der Waals surface area (Å²) < 4.78 is 24.2. The molecule has 1 heterocycles. The van der Waals surface area contributed by atoms with Crippen LogP contribution in [0.2, 0.25) is 0 Å². The molecule has 2 unspecified atom stereocenters. The van der Waals surface area contributed by atoms with Gasteiger partial charge in [-0.05, 0) is 19.8 Å². The third-order valence-electron chi connectivity index (χ3n) is 2.52. The number of carbonyl (C=O) groups excluding carboxylic acids is 1. The minimum Gasteiger partial charge on any atom is -0.333 e. The van der Waals surface area contributed by atoms with Gasteiger partial charge in [-0.3, -0.25) is 4.79 Å². The number of piperidine rings is 1. The Morgan fingerprint density at radius 3 is 2.77 bits per heavy atom. The molecule has 0 aromatic heterocycles. The highest BCUT2D eigenvalue weighted by atomic mass is 19.3. The summed E-state index contributed by atoms with van der Waals surface area (Å²) in [5, 5.41) is 0. The van der Waals surface area contributed by atoms with Gasteiger partial charge in [-0.15, -0.1) is 0 Å². The molecule has 1 aliphatic heterocycles. The summed E-state index contributed by atoms with van der Waals surface area (Å²) in [6, 6.07) is -0.438. The minimum atomic E-state index is -2.91. The number of nitrogens with two attached hydrogens (primary N) is 1. The molecule has 13 heavy (non-hydrogen) atoms. The van der Waals surface area contributed by atoms with E-state index >= 15 is 0 Å². The molecule has 1 amide bonds. The van der Waals surface area contributed by atoms with Gasteiger partial charge in [0.25, 0.3) is 5.91 Å². The highest BCUT2D eigenvalue weighted by molar-refractivity contribution is 5.79. The number of hydrogen-bond donors (Lipinski definition) is 1. The van der Waals surface area contributed by atoms with Gasteiger partial charge >= 0.3 is 6.43 Å². The average Bonchev–Trinajstić information content (AvgIpc) is 2.08. The Bertz CT molecular complexity index is 199. The van der Waals surface area contributed by atoms with E-state index in [4.69, 9.17) is 5.73 Å². The second-order valence-corrected chi connectivity index (χ2v) is 3.38. The van der Waals surface area contributed by atoms with Gasteiger partial charge in [0.15, 0.2) is 0 Å². The molecule has 1 saturated heterocycles. The Kier molecular flexibility index (Phi) is 3.19. The SMILES string of the molecule is CC1C(N)CCCN1C(=O)C(F)F. The van der Waals surface area contributed by atoms with Gasteiger partial charge in [0.05, 0.1) is 0 Å². The summed E-state index contributed by atoms with van der Waals surface area (Å²) in [4.78, 5) is 12.2. The van der Waals surface area contributed by atoms with Crippen molar-refractivity contribution in [2.75, 3.05) is 6.54 Å². The summed E-state index contributed by atoms with van der Waals surface area (Å²) in [5.74, 6) is -1.09. The number of hydrogen-bond acceptors (Lipinski definition) is 2. The van der Waals surface area contributed by atoms with E-state index in [2.05, 4.69) is 0 Å². The van der Waals surface area contributed by atoms with Crippen LogP contribution in [-0.2, 0) is 4.79 Å². The minimum absolute atomic E-state index is 0.170. The molecule has 2 atom stereocenters. The Labute approximate surface area is 75.9 Å². The Morgan fingerprint density at radius 1 is 1.62 bits per heavy atom. The lowest BCUT2D eigenvalue weighted by molar-refractivity contribution is -0.146. The number of amides is 1. The Hall–Kier alpha value is -0.710. The summed E-state index contributed by atoms with van der Waals surface area (Å²) in [6.45, 7) is 2.11. The van der Waals surface area contributed by atoms with E-state index in [1.165, 1.54) is 4.90 Å². The number of likely N-dealkylation sites (tertiary alicyclic amines) is 1. The third-order valence-corrected chi connectivity index (χ3v) is 2.52. The van der Waals surface area contributed by atoms with Gasteiger partial charge in [-0.1, -0.05) is 0 Å². The second kappa shape index (κ2) is 4.00. The Morgan fingerprint density at radius 2 is 2.23 bits per heavy atom. The molecule has 76 valence electrons. The largest absolute Gasteiger partial charge is 0.333 e. The van der Waals surface area contributed by atoms with E-state index in [9.17, 15) is 13.6 Å². The van der Waals surface area contributed by atoms with Crippen molar-refractivity contribution in [3.63, 3.8) is 0 Å². The van der Waals surface area contributed by atoms with Crippen molar-refractivity contribution in [2.45, 2.75) is 38.3 Å². The van der Waals surface area contributed by atoms with Gasteiger partial charge in [-0.25, -0.2) is 0 Å². The van der Waals surface area contributed by atoms with E-state index < -0.39 is 12.3 Å². The molecule has 0 saturated carbocycles. The molecule has 5 heteroatoms. The fourth-order valence-corrected chi connectivity index (χ4v) is 1.61. The topological polar surface area (TPSA) is 46.3 Å². The lowest BCUT2D eigenvalue weighted by Crippen LogP contribution is -2.54. The van der Waals surface area contributed by atoms with Crippen molar-refractivity contribution < 1.29 is 13.6 Å². The molecular weight excluding hydrogens is 178 g/mol. The van der Waals surface area contributed by atoms with Crippen LogP contribution in [-0.4, -0.2) is 35.9 Å². The van der Waals surface area contributed by atoms with Gasteiger partial charge < -0.3 is 10.6 Å². The van der Waals surface area contributed by atoms with Crippen LogP contribution < -0.4 is 5.73 Å². The van der Waals surface area contributed by atoms with Crippen LogP contribution in [0, 0.1) is 0 Å². The summed E-state index contributed by atoms with van der Waals surface area (Å²) in [7, 11) is 0. The molecule has 1 fully saturated rings. The van der Waals surface area contributed by atoms with E-state index in [1.807, 2.05) is 0 Å². The molecule has 0 aromatic carbocycles. The zero-order valence-electron chi connectivity index (χ0n) is 7.54. The molecular formula is C8H14F2N2O. The predicted octanol–water partition coefficient (Wildman–Crippen LogP) is 0.590. The molecule has 2 N–H and O–H groups in total. The van der Waals surface area contributed by atoms with Crippen molar-refractivity contribution in [1.82, 2.24) is 4.90 Å². The maximum Gasteiger partial charge on any atom is 0.315 e. The standard InChI is InChI=1S/C8H14F2N2O/c1-5-6(11)3-2-4-12(5)8(13)7(9)10/h5-7H,2-4,11H2,1H3. The van der Waals surface area contributed by atoms with Crippen LogP contribution in [0.4, 0.5) is 8.78 Å². The van der Waals surface area contributed by atoms with E-state index in [0.29, 0.717) is 13.0 Å². The molecule has 0 spiro atoms. The highest BCUT2D eigenvalue weighted by Gasteiger charge is 2.32. The first kappa shape index (κ1) is 10.4. The fraction of sp³-hybridized carbons (Fsp3) is 0.875. The molecule has 0 aliphatic carbocycles. The summed E-state index contributed by atoms with van der Waals surface area (Å²) >= 11 is 0. The van der Waals surface area contributed by atoms with Crippen molar-refractivity contribution in [1.29, 1.82) is 0 Å². The maximum atomic E-state index is 12.1. The van der Waals surface area contributed by atoms with Crippen LogP contribution in [0.25, 0.3) is 0 Å². The molecule has 0 aromatic rings. The monoisotopic (exact) mass is 192 g/mol. The molecule has 1 rings (SSSR count). The van der Waals surface area contributed by atoms with Gasteiger partial charge in [-0.2, -0.15) is 8.78 Å². The first-order chi connectivity index (χ1) is 6.04. The average molecular weight is 192 g/mol. The molecule has 3 nitrogen and oxygen atoms in total.